The van der Waals surface area contributed by atoms with Crippen LogP contribution < -0.4 is 0 Å². The van der Waals surface area contributed by atoms with E-state index in [9.17, 15) is 9.59 Å². The predicted octanol–water partition coefficient (Wildman–Crippen LogP) is 1.86. The Morgan fingerprint density at radius 2 is 1.95 bits per heavy atom. The summed E-state index contributed by atoms with van der Waals surface area (Å²) < 4.78 is 0. The third-order valence-electron chi connectivity index (χ3n) is 4.17. The lowest BCUT2D eigenvalue weighted by Gasteiger charge is -2.27. The topological polar surface area (TPSA) is 57.6 Å². The zero-order chi connectivity index (χ0) is 14.8. The van der Waals surface area contributed by atoms with Crippen LogP contribution in [-0.2, 0) is 15.0 Å². The number of benzene rings is 1. The van der Waals surface area contributed by atoms with E-state index in [0.29, 0.717) is 12.8 Å². The fourth-order valence-electron chi connectivity index (χ4n) is 2.91. The van der Waals surface area contributed by atoms with Gasteiger partial charge in [-0.1, -0.05) is 37.3 Å². The van der Waals surface area contributed by atoms with Crippen molar-refractivity contribution in [1.82, 2.24) is 4.90 Å². The summed E-state index contributed by atoms with van der Waals surface area (Å²) >= 11 is 0. The second-order valence-corrected chi connectivity index (χ2v) is 5.52. The van der Waals surface area contributed by atoms with Crippen molar-refractivity contribution in [3.05, 3.63) is 35.9 Å². The minimum absolute atomic E-state index is 0.0163. The minimum atomic E-state index is -0.777. The van der Waals surface area contributed by atoms with Crippen LogP contribution in [0.15, 0.2) is 30.3 Å². The predicted molar refractivity (Wildman–Crippen MR) is 76.0 cm³/mol. The number of carbonyl (C=O) groups is 2. The van der Waals surface area contributed by atoms with Crippen molar-refractivity contribution in [3.63, 3.8) is 0 Å². The number of hydrogen-bond acceptors (Lipinski definition) is 3. The zero-order valence-electron chi connectivity index (χ0n) is 12.0. The molecule has 0 spiro atoms. The van der Waals surface area contributed by atoms with Crippen molar-refractivity contribution in [1.29, 1.82) is 0 Å². The van der Waals surface area contributed by atoms with Gasteiger partial charge in [0.1, 0.15) is 0 Å². The molecule has 1 aliphatic rings. The number of rotatable bonds is 5. The van der Waals surface area contributed by atoms with E-state index in [1.807, 2.05) is 44.2 Å². The summed E-state index contributed by atoms with van der Waals surface area (Å²) in [6.45, 7) is 3.74. The first-order valence-corrected chi connectivity index (χ1v) is 7.07. The lowest BCUT2D eigenvalue weighted by molar-refractivity contribution is -0.142. The van der Waals surface area contributed by atoms with Crippen LogP contribution in [0.25, 0.3) is 0 Å². The van der Waals surface area contributed by atoms with Crippen LogP contribution in [0.3, 0.4) is 0 Å². The molecule has 108 valence electrons. The lowest BCUT2D eigenvalue weighted by Crippen LogP contribution is -2.43. The van der Waals surface area contributed by atoms with E-state index in [1.165, 1.54) is 4.90 Å². The molecule has 2 rings (SSSR count). The number of likely N-dealkylation sites (tertiary alicyclic amines) is 1. The highest BCUT2D eigenvalue weighted by Gasteiger charge is 2.50. The van der Waals surface area contributed by atoms with Gasteiger partial charge in [0.25, 0.3) is 0 Å². The number of carbonyl (C=O) groups excluding carboxylic acids is 2. The van der Waals surface area contributed by atoms with Crippen molar-refractivity contribution in [2.24, 2.45) is 0 Å². The average molecular weight is 275 g/mol. The van der Waals surface area contributed by atoms with Crippen molar-refractivity contribution < 1.29 is 14.7 Å². The number of amides is 2. The maximum atomic E-state index is 12.7. The highest BCUT2D eigenvalue weighted by molar-refractivity contribution is 6.09. The summed E-state index contributed by atoms with van der Waals surface area (Å²) in [5.74, 6) is -0.282. The first kappa shape index (κ1) is 14.7. The Balaban J connectivity index is 2.33. The van der Waals surface area contributed by atoms with Gasteiger partial charge in [-0.2, -0.15) is 0 Å². The molecule has 0 radical (unpaired) electrons. The minimum Gasteiger partial charge on any atom is -0.396 e. The van der Waals surface area contributed by atoms with Crippen molar-refractivity contribution in [2.45, 2.75) is 44.6 Å². The number of aliphatic hydroxyl groups is 1. The monoisotopic (exact) mass is 275 g/mol. The molecule has 1 aromatic rings. The van der Waals surface area contributed by atoms with Crippen LogP contribution in [0.4, 0.5) is 0 Å². The largest absolute Gasteiger partial charge is 0.396 e. The summed E-state index contributed by atoms with van der Waals surface area (Å²) in [6, 6.07) is 9.24. The number of hydrogen-bond donors (Lipinski definition) is 1. The van der Waals surface area contributed by atoms with Crippen LogP contribution in [-0.4, -0.2) is 34.5 Å². The van der Waals surface area contributed by atoms with E-state index in [2.05, 4.69) is 0 Å². The maximum absolute atomic E-state index is 12.7. The smallest absolute Gasteiger partial charge is 0.240 e. The third-order valence-corrected chi connectivity index (χ3v) is 4.17. The van der Waals surface area contributed by atoms with Crippen molar-refractivity contribution in [3.8, 4) is 0 Å². The first-order valence-electron chi connectivity index (χ1n) is 7.07. The summed E-state index contributed by atoms with van der Waals surface area (Å²) in [5, 5.41) is 9.10. The Morgan fingerprint density at radius 1 is 1.30 bits per heavy atom. The van der Waals surface area contributed by atoms with E-state index >= 15 is 0 Å². The highest BCUT2D eigenvalue weighted by Crippen LogP contribution is 2.37. The average Bonchev–Trinajstić information content (AvgIpc) is 2.69. The molecule has 1 aliphatic heterocycles. The second kappa shape index (κ2) is 5.75. The summed E-state index contributed by atoms with van der Waals surface area (Å²) in [7, 11) is 0. The fraction of sp³-hybridized carbons (Fsp3) is 0.500. The Morgan fingerprint density at radius 3 is 2.50 bits per heavy atom. The standard InChI is InChI=1S/C16H21NO3/c1-3-13(9-10-18)17-14(19)11-16(2,15(17)20)12-7-5-4-6-8-12/h4-8,13,18H,3,9-11H2,1-2H3. The van der Waals surface area contributed by atoms with Crippen LogP contribution in [0.2, 0.25) is 0 Å². The van der Waals surface area contributed by atoms with E-state index in [0.717, 1.165) is 5.56 Å². The SMILES string of the molecule is CCC(CCO)N1C(=O)CC(C)(c2ccccc2)C1=O. The summed E-state index contributed by atoms with van der Waals surface area (Å²) in [4.78, 5) is 26.4. The summed E-state index contributed by atoms with van der Waals surface area (Å²) in [5.41, 5.74) is 0.0982. The molecular weight excluding hydrogens is 254 g/mol. The molecular formula is C16H21NO3. The van der Waals surface area contributed by atoms with E-state index < -0.39 is 5.41 Å². The van der Waals surface area contributed by atoms with Gasteiger partial charge < -0.3 is 5.11 Å². The molecule has 2 amide bonds. The van der Waals surface area contributed by atoms with Crippen molar-refractivity contribution in [2.75, 3.05) is 6.61 Å². The molecule has 0 saturated carbocycles. The first-order chi connectivity index (χ1) is 9.54. The zero-order valence-corrected chi connectivity index (χ0v) is 12.0. The molecule has 2 unspecified atom stereocenters. The summed E-state index contributed by atoms with van der Waals surface area (Å²) in [6.07, 6.45) is 1.32. The van der Waals surface area contributed by atoms with Crippen LogP contribution >= 0.6 is 0 Å². The number of aliphatic hydroxyl groups excluding tert-OH is 1. The molecule has 1 saturated heterocycles. The van der Waals surface area contributed by atoms with Gasteiger partial charge in [0.2, 0.25) is 11.8 Å². The van der Waals surface area contributed by atoms with Crippen molar-refractivity contribution >= 4 is 11.8 Å². The van der Waals surface area contributed by atoms with Crippen LogP contribution in [0.5, 0.6) is 0 Å². The van der Waals surface area contributed by atoms with Gasteiger partial charge in [0.15, 0.2) is 0 Å². The van der Waals surface area contributed by atoms with Gasteiger partial charge >= 0.3 is 0 Å². The Labute approximate surface area is 119 Å². The normalized spacial score (nSPS) is 24.2. The van der Waals surface area contributed by atoms with E-state index in [1.54, 1.807) is 0 Å². The molecule has 4 heteroatoms. The Hall–Kier alpha value is -1.68. The third kappa shape index (κ3) is 2.36. The second-order valence-electron chi connectivity index (χ2n) is 5.52. The maximum Gasteiger partial charge on any atom is 0.240 e. The molecule has 1 fully saturated rings. The molecule has 0 bridgehead atoms. The molecule has 20 heavy (non-hydrogen) atoms. The van der Waals surface area contributed by atoms with Gasteiger partial charge in [0, 0.05) is 19.1 Å². The van der Waals surface area contributed by atoms with Gasteiger partial charge in [-0.3, -0.25) is 14.5 Å². The number of imide groups is 1. The molecule has 0 aliphatic carbocycles. The molecule has 0 aromatic heterocycles. The molecule has 2 atom stereocenters. The van der Waals surface area contributed by atoms with Crippen LogP contribution in [0.1, 0.15) is 38.7 Å². The fourth-order valence-corrected chi connectivity index (χ4v) is 2.91. The van der Waals surface area contributed by atoms with E-state index in [4.69, 9.17) is 5.11 Å². The van der Waals surface area contributed by atoms with E-state index in [-0.39, 0.29) is 30.9 Å². The van der Waals surface area contributed by atoms with Gasteiger partial charge in [-0.15, -0.1) is 0 Å². The molecule has 4 nitrogen and oxygen atoms in total. The highest BCUT2D eigenvalue weighted by atomic mass is 16.3. The molecule has 1 aromatic carbocycles. The van der Waals surface area contributed by atoms with Gasteiger partial charge in [-0.25, -0.2) is 0 Å². The van der Waals surface area contributed by atoms with Gasteiger partial charge in [0.05, 0.1) is 5.41 Å². The molecule has 1 N–H and O–H groups in total. The Bertz CT molecular complexity index is 500. The lowest BCUT2D eigenvalue weighted by atomic mass is 9.81. The molecule has 1 heterocycles. The quantitative estimate of drug-likeness (QED) is 0.835. The van der Waals surface area contributed by atoms with Crippen LogP contribution in [0, 0.1) is 0 Å². The number of nitrogens with zero attached hydrogens (tertiary/aromatic N) is 1. The Kier molecular flexibility index (Phi) is 4.23. The van der Waals surface area contributed by atoms with Gasteiger partial charge in [-0.05, 0) is 25.3 Å².